The zero-order chi connectivity index (χ0) is 19.7. The van der Waals surface area contributed by atoms with Crippen molar-refractivity contribution in [3.8, 4) is 0 Å². The van der Waals surface area contributed by atoms with Gasteiger partial charge in [-0.1, -0.05) is 6.07 Å². The monoisotopic (exact) mass is 387 g/mol. The van der Waals surface area contributed by atoms with Crippen LogP contribution in [0.3, 0.4) is 0 Å². The van der Waals surface area contributed by atoms with Crippen molar-refractivity contribution in [1.29, 1.82) is 0 Å². The summed E-state index contributed by atoms with van der Waals surface area (Å²) in [4.78, 5) is 18.5. The first-order chi connectivity index (χ1) is 13.5. The molecule has 3 heterocycles. The molecule has 1 aromatic carbocycles. The van der Waals surface area contributed by atoms with Gasteiger partial charge in [0.2, 0.25) is 5.91 Å². The molecule has 1 aromatic heterocycles. The zero-order valence-corrected chi connectivity index (χ0v) is 15.8. The fourth-order valence-electron chi connectivity index (χ4n) is 4.01. The van der Waals surface area contributed by atoms with E-state index in [9.17, 15) is 13.6 Å². The van der Waals surface area contributed by atoms with Gasteiger partial charge in [-0.15, -0.1) is 5.10 Å². The molecule has 2 fully saturated rings. The van der Waals surface area contributed by atoms with Crippen LogP contribution in [0.1, 0.15) is 18.5 Å². The summed E-state index contributed by atoms with van der Waals surface area (Å²) in [6, 6.07) is 7.23. The number of carbonyl (C=O) groups is 1. The van der Waals surface area contributed by atoms with Crippen LogP contribution in [0.25, 0.3) is 0 Å². The number of aromatic nitrogens is 2. The SMILES string of the molecule is Cc1ccc(N2CCCN(C3CCN(c4c(F)cccc4F)C3=O)CC2)nn1. The Bertz CT molecular complexity index is 840. The number of anilines is 2. The highest BCUT2D eigenvalue weighted by atomic mass is 19.1. The highest BCUT2D eigenvalue weighted by Crippen LogP contribution is 2.29. The molecule has 1 amide bonds. The Labute approximate surface area is 162 Å². The number of nitrogens with zero attached hydrogens (tertiary/aromatic N) is 5. The Morgan fingerprint density at radius 1 is 0.964 bits per heavy atom. The largest absolute Gasteiger partial charge is 0.354 e. The Hall–Kier alpha value is -2.61. The maximum absolute atomic E-state index is 14.1. The normalized spacial score (nSPS) is 21.2. The number of benzene rings is 1. The molecule has 8 heteroatoms. The van der Waals surface area contributed by atoms with Crippen molar-refractivity contribution in [1.82, 2.24) is 15.1 Å². The Morgan fingerprint density at radius 3 is 2.46 bits per heavy atom. The summed E-state index contributed by atoms with van der Waals surface area (Å²) >= 11 is 0. The maximum atomic E-state index is 14.1. The number of para-hydroxylation sites is 1. The predicted molar refractivity (Wildman–Crippen MR) is 102 cm³/mol. The lowest BCUT2D eigenvalue weighted by Crippen LogP contribution is -2.44. The van der Waals surface area contributed by atoms with Crippen LogP contribution in [0, 0.1) is 18.6 Å². The summed E-state index contributed by atoms with van der Waals surface area (Å²) in [6.07, 6.45) is 1.45. The minimum atomic E-state index is -0.700. The molecule has 2 saturated heterocycles. The van der Waals surface area contributed by atoms with Crippen LogP contribution >= 0.6 is 0 Å². The summed E-state index contributed by atoms with van der Waals surface area (Å²) in [5.41, 5.74) is 0.638. The van der Waals surface area contributed by atoms with E-state index in [0.29, 0.717) is 19.5 Å². The second-order valence-electron chi connectivity index (χ2n) is 7.27. The average molecular weight is 387 g/mol. The van der Waals surface area contributed by atoms with Crippen LogP contribution in [0.15, 0.2) is 30.3 Å². The highest BCUT2D eigenvalue weighted by Gasteiger charge is 2.39. The van der Waals surface area contributed by atoms with Gasteiger partial charge in [0.25, 0.3) is 0 Å². The number of hydrogen-bond acceptors (Lipinski definition) is 5. The fraction of sp³-hybridized carbons (Fsp3) is 0.450. The molecule has 148 valence electrons. The molecular weight excluding hydrogens is 364 g/mol. The first kappa shape index (κ1) is 18.7. The number of rotatable bonds is 3. The Kier molecular flexibility index (Phi) is 5.21. The van der Waals surface area contributed by atoms with Crippen LogP contribution in [-0.4, -0.2) is 59.8 Å². The number of aryl methyl sites for hydroxylation is 1. The number of hydrogen-bond donors (Lipinski definition) is 0. The third kappa shape index (κ3) is 3.56. The number of carbonyl (C=O) groups excluding carboxylic acids is 1. The lowest BCUT2D eigenvalue weighted by Gasteiger charge is -2.27. The second kappa shape index (κ2) is 7.79. The lowest BCUT2D eigenvalue weighted by molar-refractivity contribution is -0.121. The summed E-state index contributed by atoms with van der Waals surface area (Å²) in [6.45, 7) is 5.25. The average Bonchev–Trinajstić information content (AvgIpc) is 2.90. The quantitative estimate of drug-likeness (QED) is 0.810. The van der Waals surface area contributed by atoms with Gasteiger partial charge in [0.1, 0.15) is 17.3 Å². The van der Waals surface area contributed by atoms with Crippen LogP contribution in [0.5, 0.6) is 0 Å². The predicted octanol–water partition coefficient (Wildman–Crippen LogP) is 2.38. The van der Waals surface area contributed by atoms with E-state index in [1.54, 1.807) is 0 Å². The molecule has 1 atom stereocenters. The van der Waals surface area contributed by atoms with Crippen molar-refractivity contribution >= 4 is 17.4 Å². The summed E-state index contributed by atoms with van der Waals surface area (Å²) in [5.74, 6) is -0.796. The summed E-state index contributed by atoms with van der Waals surface area (Å²) in [7, 11) is 0. The Morgan fingerprint density at radius 2 is 1.75 bits per heavy atom. The minimum absolute atomic E-state index is 0.229. The van der Waals surface area contributed by atoms with Gasteiger partial charge in [-0.2, -0.15) is 5.10 Å². The molecule has 0 N–H and O–H groups in total. The van der Waals surface area contributed by atoms with E-state index in [1.807, 2.05) is 19.1 Å². The molecule has 2 aliphatic rings. The van der Waals surface area contributed by atoms with Crippen molar-refractivity contribution in [3.05, 3.63) is 47.7 Å². The van der Waals surface area contributed by atoms with Gasteiger partial charge >= 0.3 is 0 Å². The van der Waals surface area contributed by atoms with Crippen LogP contribution in [-0.2, 0) is 4.79 Å². The van der Waals surface area contributed by atoms with E-state index in [1.165, 1.54) is 23.1 Å². The van der Waals surface area contributed by atoms with E-state index in [2.05, 4.69) is 20.0 Å². The maximum Gasteiger partial charge on any atom is 0.244 e. The molecule has 0 bridgehead atoms. The van der Waals surface area contributed by atoms with Crippen LogP contribution in [0.4, 0.5) is 20.3 Å². The van der Waals surface area contributed by atoms with E-state index >= 15 is 0 Å². The van der Waals surface area contributed by atoms with Gasteiger partial charge < -0.3 is 9.80 Å². The van der Waals surface area contributed by atoms with Crippen molar-refractivity contribution in [3.63, 3.8) is 0 Å². The van der Waals surface area contributed by atoms with Gasteiger partial charge in [0, 0.05) is 32.7 Å². The van der Waals surface area contributed by atoms with E-state index in [4.69, 9.17) is 0 Å². The standard InChI is InChI=1S/C20H23F2N5O/c1-14-6-7-18(24-23-14)26-10-3-9-25(12-13-26)17-8-11-27(20(17)28)19-15(21)4-2-5-16(19)22/h2,4-7,17H,3,8-13H2,1H3. The van der Waals surface area contributed by atoms with Gasteiger partial charge in [0.15, 0.2) is 5.82 Å². The molecule has 0 saturated carbocycles. The molecule has 6 nitrogen and oxygen atoms in total. The molecule has 2 aromatic rings. The molecule has 2 aliphatic heterocycles. The van der Waals surface area contributed by atoms with Crippen molar-refractivity contribution in [2.75, 3.05) is 42.5 Å². The molecule has 4 rings (SSSR count). The van der Waals surface area contributed by atoms with Crippen molar-refractivity contribution in [2.24, 2.45) is 0 Å². The van der Waals surface area contributed by atoms with E-state index in [-0.39, 0.29) is 17.6 Å². The van der Waals surface area contributed by atoms with Gasteiger partial charge in [-0.3, -0.25) is 9.69 Å². The fourth-order valence-corrected chi connectivity index (χ4v) is 4.01. The first-order valence-corrected chi connectivity index (χ1v) is 9.59. The van der Waals surface area contributed by atoms with E-state index < -0.39 is 11.6 Å². The molecule has 0 aliphatic carbocycles. The topological polar surface area (TPSA) is 52.6 Å². The zero-order valence-electron chi connectivity index (χ0n) is 15.8. The van der Waals surface area contributed by atoms with Gasteiger partial charge in [-0.05, 0) is 44.0 Å². The smallest absolute Gasteiger partial charge is 0.244 e. The van der Waals surface area contributed by atoms with Crippen molar-refractivity contribution < 1.29 is 13.6 Å². The molecule has 0 radical (unpaired) electrons. The summed E-state index contributed by atoms with van der Waals surface area (Å²) < 4.78 is 28.2. The molecule has 0 spiro atoms. The second-order valence-corrected chi connectivity index (χ2v) is 7.27. The molecular formula is C20H23F2N5O. The third-order valence-electron chi connectivity index (χ3n) is 5.46. The number of amides is 1. The minimum Gasteiger partial charge on any atom is -0.354 e. The first-order valence-electron chi connectivity index (χ1n) is 9.59. The van der Waals surface area contributed by atoms with Gasteiger partial charge in [0.05, 0.1) is 11.7 Å². The summed E-state index contributed by atoms with van der Waals surface area (Å²) in [5, 5.41) is 8.37. The highest BCUT2D eigenvalue weighted by molar-refractivity contribution is 5.99. The lowest BCUT2D eigenvalue weighted by atomic mass is 10.2. The third-order valence-corrected chi connectivity index (χ3v) is 5.46. The van der Waals surface area contributed by atoms with Crippen LogP contribution < -0.4 is 9.80 Å². The van der Waals surface area contributed by atoms with Gasteiger partial charge in [-0.25, -0.2) is 8.78 Å². The van der Waals surface area contributed by atoms with E-state index in [0.717, 1.165) is 37.6 Å². The van der Waals surface area contributed by atoms with Crippen molar-refractivity contribution in [2.45, 2.75) is 25.8 Å². The number of halogens is 2. The van der Waals surface area contributed by atoms with Crippen LogP contribution in [0.2, 0.25) is 0 Å². The Balaban J connectivity index is 1.45. The molecule has 28 heavy (non-hydrogen) atoms. The molecule has 1 unspecified atom stereocenters.